The fraction of sp³-hybridized carbons (Fsp3) is 0.200. The Hall–Kier alpha value is -2.76. The van der Waals surface area contributed by atoms with Crippen molar-refractivity contribution in [2.75, 3.05) is 21.3 Å². The molecule has 6 nitrogen and oxygen atoms in total. The largest absolute Gasteiger partial charge is 0.495 e. The summed E-state index contributed by atoms with van der Waals surface area (Å²) in [5, 5.41) is 1.68. The van der Waals surface area contributed by atoms with Gasteiger partial charge in [-0.3, -0.25) is 0 Å². The van der Waals surface area contributed by atoms with Crippen LogP contribution in [-0.4, -0.2) is 37.3 Å². The molecule has 0 atom stereocenters. The van der Waals surface area contributed by atoms with Crippen molar-refractivity contribution < 1.29 is 19.0 Å². The molecule has 0 saturated carbocycles. The lowest BCUT2D eigenvalue weighted by Gasteiger charge is -2.05. The minimum absolute atomic E-state index is 0.214. The molecule has 3 rings (SSSR count). The number of fused-ring (bicyclic) bond motifs is 3. The van der Waals surface area contributed by atoms with E-state index in [1.807, 2.05) is 18.2 Å². The van der Waals surface area contributed by atoms with Crippen molar-refractivity contribution in [3.8, 4) is 11.5 Å². The van der Waals surface area contributed by atoms with Gasteiger partial charge in [0.15, 0.2) is 5.69 Å². The Morgan fingerprint density at radius 2 is 1.86 bits per heavy atom. The highest BCUT2D eigenvalue weighted by atomic mass is 16.5. The number of hydrogen-bond donors (Lipinski definition) is 1. The van der Waals surface area contributed by atoms with Crippen molar-refractivity contribution in [2.45, 2.75) is 0 Å². The van der Waals surface area contributed by atoms with Crippen LogP contribution >= 0.6 is 0 Å². The van der Waals surface area contributed by atoms with Gasteiger partial charge in [0.1, 0.15) is 11.5 Å². The molecule has 0 saturated heterocycles. The molecule has 1 aromatic carbocycles. The zero-order valence-electron chi connectivity index (χ0n) is 11.9. The summed E-state index contributed by atoms with van der Waals surface area (Å²) in [5.41, 5.74) is 1.57. The molecule has 0 amide bonds. The first-order valence-corrected chi connectivity index (χ1v) is 6.31. The van der Waals surface area contributed by atoms with Crippen molar-refractivity contribution in [2.24, 2.45) is 0 Å². The van der Waals surface area contributed by atoms with Gasteiger partial charge in [0, 0.05) is 5.39 Å². The highest BCUT2D eigenvalue weighted by Gasteiger charge is 2.20. The fourth-order valence-corrected chi connectivity index (χ4v) is 2.45. The van der Waals surface area contributed by atoms with Crippen LogP contribution in [0.3, 0.4) is 0 Å². The first kappa shape index (κ1) is 13.2. The van der Waals surface area contributed by atoms with Gasteiger partial charge in [-0.15, -0.1) is 0 Å². The highest BCUT2D eigenvalue weighted by Crippen LogP contribution is 2.37. The molecule has 0 unspecified atom stereocenters. The first-order chi connectivity index (χ1) is 10.2. The monoisotopic (exact) mass is 286 g/mol. The fourth-order valence-electron chi connectivity index (χ4n) is 2.45. The predicted molar refractivity (Wildman–Crippen MR) is 78.0 cm³/mol. The van der Waals surface area contributed by atoms with Crippen LogP contribution in [-0.2, 0) is 4.74 Å². The number of carbonyl (C=O) groups excluding carboxylic acids is 1. The summed E-state index contributed by atoms with van der Waals surface area (Å²) < 4.78 is 15.5. The van der Waals surface area contributed by atoms with Gasteiger partial charge >= 0.3 is 5.97 Å². The van der Waals surface area contributed by atoms with Crippen LogP contribution in [0, 0.1) is 0 Å². The van der Waals surface area contributed by atoms with E-state index in [4.69, 9.17) is 14.2 Å². The number of benzene rings is 1. The maximum atomic E-state index is 11.9. The first-order valence-electron chi connectivity index (χ1n) is 6.31. The van der Waals surface area contributed by atoms with Crippen molar-refractivity contribution in [3.05, 3.63) is 30.1 Å². The van der Waals surface area contributed by atoms with Crippen LogP contribution in [0.1, 0.15) is 10.5 Å². The normalized spacial score (nSPS) is 10.8. The molecular weight excluding hydrogens is 272 g/mol. The molecule has 3 aromatic rings. The van der Waals surface area contributed by atoms with Crippen molar-refractivity contribution in [3.63, 3.8) is 0 Å². The van der Waals surface area contributed by atoms with E-state index in [2.05, 4.69) is 9.97 Å². The van der Waals surface area contributed by atoms with Gasteiger partial charge in [-0.05, 0) is 6.07 Å². The summed E-state index contributed by atoms with van der Waals surface area (Å²) in [6.45, 7) is 0. The molecule has 6 heteroatoms. The lowest BCUT2D eigenvalue weighted by molar-refractivity contribution is 0.0596. The second kappa shape index (κ2) is 4.97. The van der Waals surface area contributed by atoms with E-state index in [-0.39, 0.29) is 5.69 Å². The number of esters is 1. The Kier molecular flexibility index (Phi) is 3.13. The predicted octanol–water partition coefficient (Wildman–Crippen LogP) is 2.52. The lowest BCUT2D eigenvalue weighted by Crippen LogP contribution is -2.05. The molecule has 0 aliphatic heterocycles. The van der Waals surface area contributed by atoms with E-state index in [0.717, 1.165) is 16.3 Å². The van der Waals surface area contributed by atoms with Gasteiger partial charge in [-0.1, -0.05) is 12.1 Å². The molecule has 0 spiro atoms. The average molecular weight is 286 g/mol. The number of aromatic amines is 1. The number of pyridine rings is 1. The third kappa shape index (κ3) is 1.87. The third-order valence-electron chi connectivity index (χ3n) is 3.41. The van der Waals surface area contributed by atoms with Gasteiger partial charge in [0.25, 0.3) is 0 Å². The van der Waals surface area contributed by atoms with E-state index < -0.39 is 5.97 Å². The second-order valence-electron chi connectivity index (χ2n) is 4.42. The second-order valence-corrected chi connectivity index (χ2v) is 4.42. The molecule has 2 aromatic heterocycles. The standard InChI is InChI=1S/C15H14N2O4/c1-19-9-6-4-5-8-11-10(20-2)7-16-14(15(18)21-3)13(11)17-12(8)9/h4-7,17H,1-3H3. The van der Waals surface area contributed by atoms with Gasteiger partial charge in [0.2, 0.25) is 0 Å². The summed E-state index contributed by atoms with van der Waals surface area (Å²) in [6, 6.07) is 5.65. The van der Waals surface area contributed by atoms with Crippen molar-refractivity contribution in [1.82, 2.24) is 9.97 Å². The SMILES string of the molecule is COC(=O)c1ncc(OC)c2c1[nH]c1c(OC)cccc12. The zero-order chi connectivity index (χ0) is 15.0. The molecule has 0 bridgehead atoms. The van der Waals surface area contributed by atoms with Gasteiger partial charge < -0.3 is 19.2 Å². The van der Waals surface area contributed by atoms with E-state index >= 15 is 0 Å². The quantitative estimate of drug-likeness (QED) is 0.749. The van der Waals surface area contributed by atoms with Crippen molar-refractivity contribution >= 4 is 27.8 Å². The topological polar surface area (TPSA) is 73.4 Å². The number of nitrogens with one attached hydrogen (secondary N) is 1. The average Bonchev–Trinajstić information content (AvgIpc) is 2.92. The summed E-state index contributed by atoms with van der Waals surface area (Å²) in [6.07, 6.45) is 1.52. The molecule has 108 valence electrons. The molecular formula is C15H14N2O4. The van der Waals surface area contributed by atoms with E-state index in [0.29, 0.717) is 17.0 Å². The van der Waals surface area contributed by atoms with Gasteiger partial charge in [-0.2, -0.15) is 0 Å². The number of hydrogen-bond acceptors (Lipinski definition) is 5. The minimum atomic E-state index is -0.506. The van der Waals surface area contributed by atoms with E-state index in [9.17, 15) is 4.79 Å². The highest BCUT2D eigenvalue weighted by molar-refractivity contribution is 6.16. The number of rotatable bonds is 3. The van der Waals surface area contributed by atoms with Gasteiger partial charge in [-0.25, -0.2) is 9.78 Å². The Morgan fingerprint density at radius 1 is 1.10 bits per heavy atom. The van der Waals surface area contributed by atoms with Gasteiger partial charge in [0.05, 0.1) is 43.9 Å². The van der Waals surface area contributed by atoms with Crippen LogP contribution in [0.4, 0.5) is 0 Å². The lowest BCUT2D eigenvalue weighted by atomic mass is 10.1. The molecule has 0 aliphatic rings. The van der Waals surface area contributed by atoms with Crippen LogP contribution in [0.5, 0.6) is 11.5 Å². The minimum Gasteiger partial charge on any atom is -0.495 e. The zero-order valence-corrected chi connectivity index (χ0v) is 11.9. The number of methoxy groups -OCH3 is 3. The van der Waals surface area contributed by atoms with Crippen molar-refractivity contribution in [1.29, 1.82) is 0 Å². The summed E-state index contributed by atoms with van der Waals surface area (Å²) in [5.74, 6) is 0.756. The maximum absolute atomic E-state index is 11.9. The summed E-state index contributed by atoms with van der Waals surface area (Å²) in [4.78, 5) is 19.2. The molecule has 1 N–H and O–H groups in total. The van der Waals surface area contributed by atoms with E-state index in [1.165, 1.54) is 13.3 Å². The number of ether oxygens (including phenoxy) is 3. The number of para-hydroxylation sites is 1. The van der Waals surface area contributed by atoms with Crippen LogP contribution in [0.25, 0.3) is 21.8 Å². The number of aromatic nitrogens is 2. The third-order valence-corrected chi connectivity index (χ3v) is 3.41. The van der Waals surface area contributed by atoms with E-state index in [1.54, 1.807) is 14.2 Å². The molecule has 0 fully saturated rings. The van der Waals surface area contributed by atoms with Crippen LogP contribution in [0.2, 0.25) is 0 Å². The number of nitrogens with zero attached hydrogens (tertiary/aromatic N) is 1. The number of H-pyrrole nitrogens is 1. The van der Waals surface area contributed by atoms with Crippen LogP contribution < -0.4 is 9.47 Å². The molecule has 0 radical (unpaired) electrons. The maximum Gasteiger partial charge on any atom is 0.358 e. The Balaban J connectivity index is 2.48. The Morgan fingerprint density at radius 3 is 2.52 bits per heavy atom. The summed E-state index contributed by atoms with van der Waals surface area (Å²) >= 11 is 0. The molecule has 2 heterocycles. The summed E-state index contributed by atoms with van der Waals surface area (Å²) in [7, 11) is 4.48. The Labute approximate surface area is 120 Å². The molecule has 0 aliphatic carbocycles. The Bertz CT molecular complexity index is 838. The van der Waals surface area contributed by atoms with Crippen LogP contribution in [0.15, 0.2) is 24.4 Å². The number of carbonyl (C=O) groups is 1. The smallest absolute Gasteiger partial charge is 0.358 e. The molecule has 21 heavy (non-hydrogen) atoms.